The highest BCUT2D eigenvalue weighted by atomic mass is 19.1. The zero-order valence-corrected chi connectivity index (χ0v) is 15.0. The first-order valence-electron chi connectivity index (χ1n) is 9.14. The summed E-state index contributed by atoms with van der Waals surface area (Å²) in [7, 11) is 0. The number of anilines is 1. The monoisotopic (exact) mass is 346 g/mol. The number of benzene rings is 1. The molecule has 4 nitrogen and oxygen atoms in total. The molecule has 0 saturated carbocycles. The normalized spacial score (nSPS) is 26.5. The molecular formula is C20H27FN2O2. The molecule has 0 spiro atoms. The van der Waals surface area contributed by atoms with Gasteiger partial charge in [-0.2, -0.15) is 0 Å². The highest BCUT2D eigenvalue weighted by Crippen LogP contribution is 2.25. The van der Waals surface area contributed by atoms with Crippen molar-refractivity contribution >= 4 is 11.6 Å². The summed E-state index contributed by atoms with van der Waals surface area (Å²) in [6, 6.07) is 5.23. The number of carbonyl (C=O) groups excluding carboxylic acids is 1. The van der Waals surface area contributed by atoms with Crippen LogP contribution in [0.15, 0.2) is 30.4 Å². The van der Waals surface area contributed by atoms with Gasteiger partial charge in [-0.25, -0.2) is 4.39 Å². The van der Waals surface area contributed by atoms with Crippen LogP contribution in [-0.2, 0) is 16.1 Å². The highest BCUT2D eigenvalue weighted by molar-refractivity contribution is 5.79. The molecule has 5 heteroatoms. The number of amides is 1. The second-order valence-corrected chi connectivity index (χ2v) is 7.15. The summed E-state index contributed by atoms with van der Waals surface area (Å²) in [6.45, 7) is 5.75. The van der Waals surface area contributed by atoms with Crippen molar-refractivity contribution in [2.75, 3.05) is 18.0 Å². The van der Waals surface area contributed by atoms with Gasteiger partial charge in [0, 0.05) is 25.6 Å². The van der Waals surface area contributed by atoms with Crippen LogP contribution in [0.25, 0.3) is 0 Å². The first-order valence-corrected chi connectivity index (χ1v) is 9.14. The van der Waals surface area contributed by atoms with Crippen LogP contribution in [-0.4, -0.2) is 31.2 Å². The Morgan fingerprint density at radius 1 is 1.28 bits per heavy atom. The maximum atomic E-state index is 14.6. The predicted octanol–water partition coefficient (Wildman–Crippen LogP) is 3.41. The SMILES string of the molecule is C[C@@H]1CN(c2ccc(CNC(=O)[C@@H]3CC=CCC3)cc2F)C[C@H](C)O1. The number of morpholine rings is 1. The van der Waals surface area contributed by atoms with Gasteiger partial charge in [0.25, 0.3) is 0 Å². The molecule has 2 aliphatic rings. The van der Waals surface area contributed by atoms with E-state index in [1.54, 1.807) is 0 Å². The van der Waals surface area contributed by atoms with Crippen molar-refractivity contribution < 1.29 is 13.9 Å². The van der Waals surface area contributed by atoms with Crippen LogP contribution in [0, 0.1) is 11.7 Å². The minimum atomic E-state index is -0.242. The third-order valence-corrected chi connectivity index (χ3v) is 4.88. The van der Waals surface area contributed by atoms with Crippen LogP contribution >= 0.6 is 0 Å². The Hall–Kier alpha value is -1.88. The van der Waals surface area contributed by atoms with Crippen LogP contribution in [0.4, 0.5) is 10.1 Å². The highest BCUT2D eigenvalue weighted by Gasteiger charge is 2.24. The Morgan fingerprint density at radius 3 is 2.68 bits per heavy atom. The van der Waals surface area contributed by atoms with Gasteiger partial charge in [0.2, 0.25) is 5.91 Å². The summed E-state index contributed by atoms with van der Waals surface area (Å²) in [5.74, 6) is -0.135. The topological polar surface area (TPSA) is 41.6 Å². The van der Waals surface area contributed by atoms with E-state index in [0.717, 1.165) is 24.8 Å². The van der Waals surface area contributed by atoms with Gasteiger partial charge in [-0.15, -0.1) is 0 Å². The number of halogens is 1. The summed E-state index contributed by atoms with van der Waals surface area (Å²) in [6.07, 6.45) is 7.00. The minimum Gasteiger partial charge on any atom is -0.372 e. The molecule has 0 unspecified atom stereocenters. The van der Waals surface area contributed by atoms with E-state index in [0.29, 0.717) is 25.3 Å². The zero-order chi connectivity index (χ0) is 17.8. The summed E-state index contributed by atoms with van der Waals surface area (Å²) < 4.78 is 20.3. The lowest BCUT2D eigenvalue weighted by atomic mass is 9.93. The number of allylic oxidation sites excluding steroid dienone is 2. The van der Waals surface area contributed by atoms with Crippen LogP contribution < -0.4 is 10.2 Å². The molecular weight excluding hydrogens is 319 g/mol. The van der Waals surface area contributed by atoms with Crippen molar-refractivity contribution in [2.24, 2.45) is 5.92 Å². The van der Waals surface area contributed by atoms with Crippen LogP contribution in [0.2, 0.25) is 0 Å². The van der Waals surface area contributed by atoms with Crippen molar-refractivity contribution in [1.29, 1.82) is 0 Å². The number of rotatable bonds is 4. The summed E-state index contributed by atoms with van der Waals surface area (Å²) >= 11 is 0. The van der Waals surface area contributed by atoms with Crippen molar-refractivity contribution in [2.45, 2.75) is 51.9 Å². The Bertz CT molecular complexity index is 637. The van der Waals surface area contributed by atoms with Gasteiger partial charge in [-0.3, -0.25) is 4.79 Å². The lowest BCUT2D eigenvalue weighted by Crippen LogP contribution is -2.45. The standard InChI is InChI=1S/C20H27FN2O2/c1-14-12-23(13-15(2)25-14)19-9-8-16(10-18(19)21)11-22-20(24)17-6-4-3-5-7-17/h3-4,8-10,14-15,17H,5-7,11-13H2,1-2H3,(H,22,24)/t14-,15+,17-/m1/s1. The second kappa shape index (κ2) is 8.00. The van der Waals surface area contributed by atoms with Crippen molar-refractivity contribution in [3.8, 4) is 0 Å². The smallest absolute Gasteiger partial charge is 0.223 e. The maximum absolute atomic E-state index is 14.6. The lowest BCUT2D eigenvalue weighted by Gasteiger charge is -2.37. The molecule has 1 aliphatic heterocycles. The quantitative estimate of drug-likeness (QED) is 0.850. The van der Waals surface area contributed by atoms with E-state index in [9.17, 15) is 9.18 Å². The van der Waals surface area contributed by atoms with Gasteiger partial charge in [0.05, 0.1) is 17.9 Å². The van der Waals surface area contributed by atoms with Crippen molar-refractivity contribution in [3.05, 3.63) is 41.7 Å². The predicted molar refractivity (Wildman–Crippen MR) is 96.9 cm³/mol. The van der Waals surface area contributed by atoms with Gasteiger partial charge in [0.15, 0.2) is 0 Å². The molecule has 0 aromatic heterocycles. The van der Waals surface area contributed by atoms with Gasteiger partial charge < -0.3 is 15.0 Å². The average Bonchev–Trinajstić information content (AvgIpc) is 2.59. The first-order chi connectivity index (χ1) is 12.0. The van der Waals surface area contributed by atoms with Crippen LogP contribution in [0.3, 0.4) is 0 Å². The number of ether oxygens (including phenoxy) is 1. The molecule has 1 aliphatic carbocycles. The Morgan fingerprint density at radius 2 is 2.04 bits per heavy atom. The summed E-state index contributed by atoms with van der Waals surface area (Å²) in [5.41, 5.74) is 1.39. The molecule has 1 aromatic carbocycles. The molecule has 1 N–H and O–H groups in total. The minimum absolute atomic E-state index is 0.0467. The molecule has 1 amide bonds. The number of hydrogen-bond donors (Lipinski definition) is 1. The van der Waals surface area contributed by atoms with Crippen LogP contribution in [0.5, 0.6) is 0 Å². The van der Waals surface area contributed by atoms with Gasteiger partial charge in [0.1, 0.15) is 5.82 Å². The fourth-order valence-electron chi connectivity index (χ4n) is 3.66. The number of nitrogens with zero attached hydrogens (tertiary/aromatic N) is 1. The molecule has 25 heavy (non-hydrogen) atoms. The van der Waals surface area contributed by atoms with Gasteiger partial charge in [-0.1, -0.05) is 18.2 Å². The maximum Gasteiger partial charge on any atom is 0.223 e. The van der Waals surface area contributed by atoms with E-state index < -0.39 is 0 Å². The van der Waals surface area contributed by atoms with E-state index in [1.165, 1.54) is 6.07 Å². The third-order valence-electron chi connectivity index (χ3n) is 4.88. The Labute approximate surface area is 149 Å². The van der Waals surface area contributed by atoms with E-state index in [-0.39, 0.29) is 29.9 Å². The number of nitrogens with one attached hydrogen (secondary N) is 1. The molecule has 3 rings (SSSR count). The molecule has 0 bridgehead atoms. The summed E-state index contributed by atoms with van der Waals surface area (Å²) in [4.78, 5) is 14.2. The Kier molecular flexibility index (Phi) is 5.74. The van der Waals surface area contributed by atoms with Gasteiger partial charge >= 0.3 is 0 Å². The third kappa shape index (κ3) is 4.60. The summed E-state index contributed by atoms with van der Waals surface area (Å²) in [5, 5.41) is 2.94. The van der Waals surface area contributed by atoms with Crippen LogP contribution in [0.1, 0.15) is 38.7 Å². The Balaban J connectivity index is 1.60. The fourth-order valence-corrected chi connectivity index (χ4v) is 3.66. The van der Waals surface area contributed by atoms with E-state index in [4.69, 9.17) is 4.74 Å². The molecule has 136 valence electrons. The molecule has 1 aromatic rings. The largest absolute Gasteiger partial charge is 0.372 e. The van der Waals surface area contributed by atoms with E-state index >= 15 is 0 Å². The first kappa shape index (κ1) is 17.9. The van der Waals surface area contributed by atoms with Crippen molar-refractivity contribution in [1.82, 2.24) is 5.32 Å². The zero-order valence-electron chi connectivity index (χ0n) is 15.0. The molecule has 0 radical (unpaired) electrons. The number of hydrogen-bond acceptors (Lipinski definition) is 3. The average molecular weight is 346 g/mol. The lowest BCUT2D eigenvalue weighted by molar-refractivity contribution is -0.125. The van der Waals surface area contributed by atoms with E-state index in [1.807, 2.05) is 30.9 Å². The van der Waals surface area contributed by atoms with Crippen molar-refractivity contribution in [3.63, 3.8) is 0 Å². The fraction of sp³-hybridized carbons (Fsp3) is 0.550. The number of carbonyl (C=O) groups is 1. The van der Waals surface area contributed by atoms with Gasteiger partial charge in [-0.05, 0) is 50.8 Å². The second-order valence-electron chi connectivity index (χ2n) is 7.15. The van der Waals surface area contributed by atoms with E-state index in [2.05, 4.69) is 17.5 Å². The molecule has 1 heterocycles. The molecule has 1 saturated heterocycles. The molecule has 3 atom stereocenters. The molecule has 1 fully saturated rings.